The number of hydrogen-bond acceptors (Lipinski definition) is 5. The van der Waals surface area contributed by atoms with Crippen molar-refractivity contribution in [3.8, 4) is 0 Å². The minimum atomic E-state index is 0.462. The lowest BCUT2D eigenvalue weighted by Gasteiger charge is -2.54. The molecule has 3 N–H and O–H groups in total. The van der Waals surface area contributed by atoms with Crippen LogP contribution in [0.3, 0.4) is 0 Å². The summed E-state index contributed by atoms with van der Waals surface area (Å²) in [6.07, 6.45) is 8.35. The quantitative estimate of drug-likeness (QED) is 0.892. The highest BCUT2D eigenvalue weighted by molar-refractivity contribution is 5.46. The molecular formula is C19H29N5. The molecule has 130 valence electrons. The Morgan fingerprint density at radius 3 is 2.42 bits per heavy atom. The van der Waals surface area contributed by atoms with E-state index in [1.165, 1.54) is 44.2 Å². The predicted octanol–water partition coefficient (Wildman–Crippen LogP) is 2.40. The molecule has 24 heavy (non-hydrogen) atoms. The van der Waals surface area contributed by atoms with Gasteiger partial charge in [-0.3, -0.25) is 0 Å². The molecule has 0 unspecified atom stereocenters. The number of likely N-dealkylation sites (N-methyl/N-ethyl adjacent to an activating group) is 1. The molecule has 0 aromatic carbocycles. The van der Waals surface area contributed by atoms with E-state index in [-0.39, 0.29) is 0 Å². The Kier molecular flexibility index (Phi) is 3.47. The van der Waals surface area contributed by atoms with Gasteiger partial charge in [0.05, 0.1) is 5.69 Å². The van der Waals surface area contributed by atoms with Crippen LogP contribution in [0.15, 0.2) is 6.07 Å². The van der Waals surface area contributed by atoms with E-state index in [0.717, 1.165) is 42.6 Å². The van der Waals surface area contributed by atoms with Crippen molar-refractivity contribution in [2.45, 2.75) is 50.5 Å². The number of hydrogen-bond donors (Lipinski definition) is 2. The molecular weight excluding hydrogens is 298 g/mol. The van der Waals surface area contributed by atoms with Crippen LogP contribution in [0.25, 0.3) is 0 Å². The summed E-state index contributed by atoms with van der Waals surface area (Å²) in [7, 11) is 2.04. The van der Waals surface area contributed by atoms with E-state index in [9.17, 15) is 0 Å². The minimum absolute atomic E-state index is 0.462. The van der Waals surface area contributed by atoms with Gasteiger partial charge in [-0.05, 0) is 69.2 Å². The van der Waals surface area contributed by atoms with Gasteiger partial charge in [-0.1, -0.05) is 0 Å². The van der Waals surface area contributed by atoms with Gasteiger partial charge in [0.2, 0.25) is 5.95 Å². The van der Waals surface area contributed by atoms with Crippen molar-refractivity contribution >= 4 is 11.8 Å². The van der Waals surface area contributed by atoms with Gasteiger partial charge < -0.3 is 16.0 Å². The summed E-state index contributed by atoms with van der Waals surface area (Å²) in [5.41, 5.74) is 7.36. The van der Waals surface area contributed by atoms with Crippen LogP contribution < -0.4 is 16.0 Å². The molecule has 1 aromatic heterocycles. The van der Waals surface area contributed by atoms with Crippen LogP contribution in [0.4, 0.5) is 11.8 Å². The second kappa shape index (κ2) is 5.58. The first kappa shape index (κ1) is 14.9. The Morgan fingerprint density at radius 1 is 1.08 bits per heavy atom. The molecule has 1 saturated heterocycles. The number of anilines is 2. The largest absolute Gasteiger partial charge is 0.368 e. The number of aromatic nitrogens is 2. The molecule has 6 rings (SSSR count). The van der Waals surface area contributed by atoms with Crippen LogP contribution in [0, 0.1) is 23.7 Å². The molecule has 1 aromatic rings. The molecule has 0 spiro atoms. The molecule has 1 atom stereocenters. The number of nitrogens with zero attached hydrogens (tertiary/aromatic N) is 3. The van der Waals surface area contributed by atoms with Crippen LogP contribution in [-0.2, 0) is 0 Å². The summed E-state index contributed by atoms with van der Waals surface area (Å²) in [4.78, 5) is 11.7. The second-order valence-electron chi connectivity index (χ2n) is 8.69. The lowest BCUT2D eigenvalue weighted by molar-refractivity contribution is -0.00412. The van der Waals surface area contributed by atoms with Crippen LogP contribution in [0.2, 0.25) is 0 Å². The highest BCUT2D eigenvalue weighted by Crippen LogP contribution is 2.59. The van der Waals surface area contributed by atoms with E-state index < -0.39 is 0 Å². The summed E-state index contributed by atoms with van der Waals surface area (Å²) >= 11 is 0. The van der Waals surface area contributed by atoms with Crippen molar-refractivity contribution in [2.24, 2.45) is 23.7 Å². The number of nitrogens with one attached hydrogen (secondary N) is 1. The third kappa shape index (κ3) is 2.40. The van der Waals surface area contributed by atoms with E-state index in [0.29, 0.717) is 17.9 Å². The molecule has 5 fully saturated rings. The van der Waals surface area contributed by atoms with Crippen LogP contribution in [0.5, 0.6) is 0 Å². The molecule has 1 aliphatic heterocycles. The second-order valence-corrected chi connectivity index (χ2v) is 8.69. The van der Waals surface area contributed by atoms with Gasteiger partial charge in [0, 0.05) is 31.1 Å². The first-order chi connectivity index (χ1) is 11.7. The summed E-state index contributed by atoms with van der Waals surface area (Å²) in [6, 6.07) is 2.83. The summed E-state index contributed by atoms with van der Waals surface area (Å²) in [6.45, 7) is 2.08. The molecule has 5 nitrogen and oxygen atoms in total. The van der Waals surface area contributed by atoms with E-state index in [2.05, 4.69) is 21.3 Å². The van der Waals surface area contributed by atoms with Gasteiger partial charge >= 0.3 is 0 Å². The van der Waals surface area contributed by atoms with E-state index in [1.54, 1.807) is 0 Å². The van der Waals surface area contributed by atoms with E-state index in [1.807, 2.05) is 7.05 Å². The van der Waals surface area contributed by atoms with Gasteiger partial charge in [0.1, 0.15) is 5.82 Å². The Hall–Kier alpha value is -1.36. The van der Waals surface area contributed by atoms with Gasteiger partial charge in [0.15, 0.2) is 0 Å². The van der Waals surface area contributed by atoms with Gasteiger partial charge in [-0.2, -0.15) is 4.98 Å². The zero-order chi connectivity index (χ0) is 16.3. The number of nitrogens with two attached hydrogens (primary N) is 1. The molecule has 5 aliphatic rings. The fourth-order valence-electron chi connectivity index (χ4n) is 6.42. The monoisotopic (exact) mass is 327 g/mol. The van der Waals surface area contributed by atoms with Gasteiger partial charge in [0.25, 0.3) is 0 Å². The average molecular weight is 327 g/mol. The fraction of sp³-hybridized carbons (Fsp3) is 0.789. The smallest absolute Gasteiger partial charge is 0.222 e. The van der Waals surface area contributed by atoms with E-state index in [4.69, 9.17) is 10.7 Å². The first-order valence-electron chi connectivity index (χ1n) is 9.76. The minimum Gasteiger partial charge on any atom is -0.368 e. The van der Waals surface area contributed by atoms with Crippen molar-refractivity contribution in [3.05, 3.63) is 11.8 Å². The van der Waals surface area contributed by atoms with Crippen LogP contribution >= 0.6 is 0 Å². The Bertz CT molecular complexity index is 602. The molecule has 4 aliphatic carbocycles. The standard InChI is InChI=1S/C19H29N5/c1-21-15-2-3-24(10-15)17-9-16(22-19(20)23-17)18-13-5-11-4-12(7-13)8-14(18)6-11/h9,11-15,18,21H,2-8,10H2,1H3,(H2,20,22,23)/t11?,12?,13?,14?,15-,18?/m0/s1. The summed E-state index contributed by atoms with van der Waals surface area (Å²) < 4.78 is 0. The van der Waals surface area contributed by atoms with Crippen molar-refractivity contribution in [1.82, 2.24) is 15.3 Å². The van der Waals surface area contributed by atoms with Gasteiger partial charge in [-0.25, -0.2) is 4.98 Å². The highest BCUT2D eigenvalue weighted by atomic mass is 15.2. The number of rotatable bonds is 3. The van der Waals surface area contributed by atoms with E-state index >= 15 is 0 Å². The Morgan fingerprint density at radius 2 is 1.79 bits per heavy atom. The van der Waals surface area contributed by atoms with Crippen LogP contribution in [0.1, 0.15) is 50.1 Å². The molecule has 0 amide bonds. The van der Waals surface area contributed by atoms with Crippen LogP contribution in [-0.4, -0.2) is 36.1 Å². The van der Waals surface area contributed by atoms with Gasteiger partial charge in [-0.15, -0.1) is 0 Å². The zero-order valence-electron chi connectivity index (χ0n) is 14.6. The molecule has 2 heterocycles. The highest BCUT2D eigenvalue weighted by Gasteiger charge is 2.49. The van der Waals surface area contributed by atoms with Crippen molar-refractivity contribution in [2.75, 3.05) is 30.8 Å². The molecule has 4 saturated carbocycles. The lowest BCUT2D eigenvalue weighted by atomic mass is 9.51. The maximum absolute atomic E-state index is 6.12. The Labute approximate surface area is 144 Å². The third-order valence-corrected chi connectivity index (χ3v) is 7.24. The topological polar surface area (TPSA) is 67.1 Å². The first-order valence-corrected chi connectivity index (χ1v) is 9.76. The SMILES string of the molecule is CN[C@H]1CCN(c2cc(C3C4CC5CC(C4)CC3C5)nc(N)n2)C1. The lowest BCUT2D eigenvalue weighted by Crippen LogP contribution is -2.44. The number of nitrogen functional groups attached to an aromatic ring is 1. The molecule has 4 bridgehead atoms. The fourth-order valence-corrected chi connectivity index (χ4v) is 6.42. The summed E-state index contributed by atoms with van der Waals surface area (Å²) in [5.74, 6) is 5.81. The molecule has 5 heteroatoms. The molecule has 0 radical (unpaired) electrons. The average Bonchev–Trinajstić information content (AvgIpc) is 3.02. The Balaban J connectivity index is 1.44. The third-order valence-electron chi connectivity index (χ3n) is 7.24. The zero-order valence-corrected chi connectivity index (χ0v) is 14.6. The maximum Gasteiger partial charge on any atom is 0.222 e. The predicted molar refractivity (Wildman–Crippen MR) is 95.9 cm³/mol. The maximum atomic E-state index is 6.12. The van der Waals surface area contributed by atoms with Crippen molar-refractivity contribution < 1.29 is 0 Å². The van der Waals surface area contributed by atoms with Crippen molar-refractivity contribution in [3.63, 3.8) is 0 Å². The normalized spacial score (nSPS) is 40.5. The summed E-state index contributed by atoms with van der Waals surface area (Å²) in [5, 5.41) is 3.38. The van der Waals surface area contributed by atoms with Crippen molar-refractivity contribution in [1.29, 1.82) is 0 Å².